The van der Waals surface area contributed by atoms with Crippen molar-refractivity contribution in [3.63, 3.8) is 0 Å². The first-order valence-electron chi connectivity index (χ1n) is 5.47. The van der Waals surface area contributed by atoms with Crippen LogP contribution in [-0.4, -0.2) is 37.5 Å². The van der Waals surface area contributed by atoms with Gasteiger partial charge in [-0.1, -0.05) is 0 Å². The number of carbonyl (C=O) groups is 1. The first-order valence-corrected chi connectivity index (χ1v) is 5.47. The van der Waals surface area contributed by atoms with Crippen molar-refractivity contribution in [1.82, 2.24) is 0 Å². The Morgan fingerprint density at radius 1 is 1.60 bits per heavy atom. The average Bonchev–Trinajstić information content (AvgIpc) is 2.39. The van der Waals surface area contributed by atoms with Gasteiger partial charge in [-0.3, -0.25) is 0 Å². The van der Waals surface area contributed by atoms with Crippen molar-refractivity contribution in [2.24, 2.45) is 5.92 Å². The van der Waals surface area contributed by atoms with Gasteiger partial charge in [0.15, 0.2) is 5.60 Å². The molecular formula is C11H18O4. The normalized spacial score (nSPS) is 43.3. The molecule has 4 heteroatoms. The molecule has 2 aliphatic rings. The summed E-state index contributed by atoms with van der Waals surface area (Å²) in [5.74, 6) is 0.0275. The van der Waals surface area contributed by atoms with Crippen molar-refractivity contribution in [2.45, 2.75) is 37.9 Å². The molecule has 1 saturated heterocycles. The Labute approximate surface area is 89.9 Å². The quantitative estimate of drug-likeness (QED) is 0.661. The van der Waals surface area contributed by atoms with E-state index >= 15 is 0 Å². The molecular weight excluding hydrogens is 196 g/mol. The van der Waals surface area contributed by atoms with Crippen molar-refractivity contribution in [3.05, 3.63) is 0 Å². The maximum absolute atomic E-state index is 11.8. The number of fused-ring (bicyclic) bond motifs is 1. The van der Waals surface area contributed by atoms with E-state index in [0.29, 0.717) is 19.1 Å². The molecule has 0 N–H and O–H groups in total. The van der Waals surface area contributed by atoms with E-state index < -0.39 is 11.2 Å². The fraction of sp³-hybridized carbons (Fsp3) is 0.909. The van der Waals surface area contributed by atoms with Gasteiger partial charge >= 0.3 is 5.97 Å². The molecule has 0 unspecified atom stereocenters. The van der Waals surface area contributed by atoms with Crippen LogP contribution in [0.4, 0.5) is 0 Å². The molecule has 1 heterocycles. The molecule has 0 aromatic carbocycles. The molecule has 4 nitrogen and oxygen atoms in total. The number of rotatable bonds is 3. The minimum atomic E-state index is -0.916. The van der Waals surface area contributed by atoms with Crippen LogP contribution >= 0.6 is 0 Å². The molecule has 0 spiro atoms. The maximum atomic E-state index is 11.8. The topological polar surface area (TPSA) is 44.8 Å². The van der Waals surface area contributed by atoms with Gasteiger partial charge in [0, 0.05) is 12.5 Å². The van der Waals surface area contributed by atoms with Gasteiger partial charge in [-0.2, -0.15) is 0 Å². The van der Waals surface area contributed by atoms with Gasteiger partial charge in [0.1, 0.15) is 5.60 Å². The summed E-state index contributed by atoms with van der Waals surface area (Å²) in [4.78, 5) is 11.8. The lowest BCUT2D eigenvalue weighted by molar-refractivity contribution is -0.209. The van der Waals surface area contributed by atoms with E-state index in [0.717, 1.165) is 12.8 Å². The standard InChI is InChI=1S/C11H18O4/c1-4-14-11-6-5-8(11)7-15-10(11,2)9(12)13-3/h8H,4-7H2,1-3H3/t8-,10-,11+/m1/s1. The van der Waals surface area contributed by atoms with Gasteiger partial charge in [-0.05, 0) is 26.7 Å². The molecule has 0 aromatic heterocycles. The molecule has 1 aliphatic carbocycles. The number of ether oxygens (including phenoxy) is 3. The fourth-order valence-corrected chi connectivity index (χ4v) is 2.86. The molecule has 0 amide bonds. The highest BCUT2D eigenvalue weighted by Gasteiger charge is 2.69. The third kappa shape index (κ3) is 1.18. The summed E-state index contributed by atoms with van der Waals surface area (Å²) in [5, 5.41) is 0. The Hall–Kier alpha value is -0.610. The molecule has 86 valence electrons. The Bertz CT molecular complexity index is 278. The number of esters is 1. The Balaban J connectivity index is 2.28. The molecule has 0 aromatic rings. The average molecular weight is 214 g/mol. The summed E-state index contributed by atoms with van der Waals surface area (Å²) in [7, 11) is 1.39. The van der Waals surface area contributed by atoms with Crippen LogP contribution in [0.25, 0.3) is 0 Å². The highest BCUT2D eigenvalue weighted by Crippen LogP contribution is 2.55. The lowest BCUT2D eigenvalue weighted by Gasteiger charge is -2.49. The van der Waals surface area contributed by atoms with Crippen molar-refractivity contribution < 1.29 is 19.0 Å². The lowest BCUT2D eigenvalue weighted by atomic mass is 9.63. The number of hydrogen-bond acceptors (Lipinski definition) is 4. The highest BCUT2D eigenvalue weighted by atomic mass is 16.6. The second-order valence-corrected chi connectivity index (χ2v) is 4.39. The van der Waals surface area contributed by atoms with Crippen LogP contribution in [0.15, 0.2) is 0 Å². The Morgan fingerprint density at radius 3 is 2.80 bits per heavy atom. The van der Waals surface area contributed by atoms with E-state index in [1.807, 2.05) is 6.92 Å². The van der Waals surface area contributed by atoms with Crippen LogP contribution in [-0.2, 0) is 19.0 Å². The molecule has 3 atom stereocenters. The zero-order valence-corrected chi connectivity index (χ0v) is 9.54. The molecule has 0 radical (unpaired) electrons. The summed E-state index contributed by atoms with van der Waals surface area (Å²) in [6.07, 6.45) is 1.96. The molecule has 1 saturated carbocycles. The molecule has 2 rings (SSSR count). The SMILES string of the molecule is CCO[C@@]12CC[C@@H]1CO[C@]2(C)C(=O)OC. The Kier molecular flexibility index (Phi) is 2.51. The van der Waals surface area contributed by atoms with E-state index in [2.05, 4.69) is 0 Å². The van der Waals surface area contributed by atoms with Crippen molar-refractivity contribution >= 4 is 5.97 Å². The van der Waals surface area contributed by atoms with E-state index in [9.17, 15) is 4.79 Å². The van der Waals surface area contributed by atoms with Gasteiger partial charge in [0.25, 0.3) is 0 Å². The predicted molar refractivity (Wildman–Crippen MR) is 53.5 cm³/mol. The van der Waals surface area contributed by atoms with Crippen LogP contribution in [0.5, 0.6) is 0 Å². The van der Waals surface area contributed by atoms with E-state index in [1.54, 1.807) is 6.92 Å². The second-order valence-electron chi connectivity index (χ2n) is 4.39. The second kappa shape index (κ2) is 3.46. The Morgan fingerprint density at radius 2 is 2.33 bits per heavy atom. The summed E-state index contributed by atoms with van der Waals surface area (Å²) in [6.45, 7) is 4.94. The first kappa shape index (κ1) is 10.9. The molecule has 15 heavy (non-hydrogen) atoms. The number of carbonyl (C=O) groups excluding carboxylic acids is 1. The lowest BCUT2D eigenvalue weighted by Crippen LogP contribution is -2.63. The smallest absolute Gasteiger partial charge is 0.340 e. The summed E-state index contributed by atoms with van der Waals surface area (Å²) in [5.41, 5.74) is -1.35. The van der Waals surface area contributed by atoms with Crippen molar-refractivity contribution in [3.8, 4) is 0 Å². The maximum Gasteiger partial charge on any atom is 0.340 e. The fourth-order valence-electron chi connectivity index (χ4n) is 2.86. The van der Waals surface area contributed by atoms with Crippen molar-refractivity contribution in [1.29, 1.82) is 0 Å². The molecule has 0 bridgehead atoms. The van der Waals surface area contributed by atoms with Gasteiger partial charge in [0.05, 0.1) is 13.7 Å². The van der Waals surface area contributed by atoms with E-state index in [-0.39, 0.29) is 5.97 Å². The zero-order chi connectivity index (χ0) is 11.1. The van der Waals surface area contributed by atoms with Gasteiger partial charge in [0.2, 0.25) is 0 Å². The number of hydrogen-bond donors (Lipinski definition) is 0. The minimum absolute atomic E-state index is 0.321. The van der Waals surface area contributed by atoms with Crippen molar-refractivity contribution in [2.75, 3.05) is 20.3 Å². The van der Waals surface area contributed by atoms with E-state index in [4.69, 9.17) is 14.2 Å². The minimum Gasteiger partial charge on any atom is -0.467 e. The summed E-state index contributed by atoms with van der Waals surface area (Å²) in [6, 6.07) is 0. The van der Waals surface area contributed by atoms with Gasteiger partial charge in [-0.15, -0.1) is 0 Å². The number of methoxy groups -OCH3 is 1. The monoisotopic (exact) mass is 214 g/mol. The van der Waals surface area contributed by atoms with E-state index in [1.165, 1.54) is 7.11 Å². The van der Waals surface area contributed by atoms with Crippen LogP contribution in [0.2, 0.25) is 0 Å². The van der Waals surface area contributed by atoms with Gasteiger partial charge < -0.3 is 14.2 Å². The third-order valence-corrected chi connectivity index (χ3v) is 3.88. The summed E-state index contributed by atoms with van der Waals surface area (Å²) >= 11 is 0. The third-order valence-electron chi connectivity index (χ3n) is 3.88. The van der Waals surface area contributed by atoms with Crippen LogP contribution in [0, 0.1) is 5.92 Å². The van der Waals surface area contributed by atoms with Crippen LogP contribution in [0.1, 0.15) is 26.7 Å². The van der Waals surface area contributed by atoms with Crippen LogP contribution < -0.4 is 0 Å². The largest absolute Gasteiger partial charge is 0.467 e. The summed E-state index contributed by atoms with van der Waals surface area (Å²) < 4.78 is 16.3. The molecule has 2 fully saturated rings. The van der Waals surface area contributed by atoms with Gasteiger partial charge in [-0.25, -0.2) is 4.79 Å². The highest BCUT2D eigenvalue weighted by molar-refractivity contribution is 5.81. The van der Waals surface area contributed by atoms with Crippen LogP contribution in [0.3, 0.4) is 0 Å². The zero-order valence-electron chi connectivity index (χ0n) is 9.54. The molecule has 1 aliphatic heterocycles. The first-order chi connectivity index (χ1) is 7.10. The predicted octanol–water partition coefficient (Wildman–Crippen LogP) is 1.13.